The predicted octanol–water partition coefficient (Wildman–Crippen LogP) is 0.920. The molecule has 3 amide bonds. The number of ether oxygens (including phenoxy) is 1. The number of nitrogens with one attached hydrogen (secondary N) is 1. The number of amides is 3. The minimum atomic E-state index is -1.17. The van der Waals surface area contributed by atoms with E-state index in [1.54, 1.807) is 6.20 Å². The van der Waals surface area contributed by atoms with Crippen LogP contribution in [0.2, 0.25) is 0 Å². The molecule has 1 rings (SSSR count). The van der Waals surface area contributed by atoms with Crippen molar-refractivity contribution in [3.8, 4) is 0 Å². The number of hydrogen-bond donors (Lipinski definition) is 3. The van der Waals surface area contributed by atoms with E-state index in [1.165, 1.54) is 11.8 Å². The van der Waals surface area contributed by atoms with Gasteiger partial charge < -0.3 is 14.9 Å². The van der Waals surface area contributed by atoms with Gasteiger partial charge in [0.05, 0.1) is 6.10 Å². The maximum Gasteiger partial charge on any atom is 0.329 e. The van der Waals surface area contributed by atoms with E-state index in [0.717, 1.165) is 18.4 Å². The molecule has 0 bridgehead atoms. The van der Waals surface area contributed by atoms with Gasteiger partial charge in [-0.3, -0.25) is 15.0 Å². The third kappa shape index (κ3) is 7.88. The first-order valence-corrected chi connectivity index (χ1v) is 6.47. The van der Waals surface area contributed by atoms with E-state index < -0.39 is 12.3 Å². The molecule has 1 aliphatic rings. The second kappa shape index (κ2) is 9.46. The summed E-state index contributed by atoms with van der Waals surface area (Å²) in [7, 11) is 0. The summed E-state index contributed by atoms with van der Waals surface area (Å²) in [5, 5.41) is 17.3. The van der Waals surface area contributed by atoms with E-state index in [1.807, 2.05) is 20.8 Å². The monoisotopic (exact) mass is 288 g/mol. The fourth-order valence-electron chi connectivity index (χ4n) is 1.66. The normalized spacial score (nSPS) is 20.8. The molecule has 7 heteroatoms. The van der Waals surface area contributed by atoms with E-state index in [0.29, 0.717) is 6.41 Å². The van der Waals surface area contributed by atoms with Crippen molar-refractivity contribution >= 4 is 12.4 Å². The SMILES string of the molecule is CC(C)=CN(C(=O)NC=O)C1CCC(C)O1.CC(O)O. The quantitative estimate of drug-likeness (QED) is 0.530. The van der Waals surface area contributed by atoms with Crippen LogP contribution in [0.4, 0.5) is 4.79 Å². The highest BCUT2D eigenvalue weighted by Gasteiger charge is 2.29. The highest BCUT2D eigenvalue weighted by molar-refractivity contribution is 5.85. The number of urea groups is 1. The molecule has 2 unspecified atom stereocenters. The number of carbonyl (C=O) groups is 2. The summed E-state index contributed by atoms with van der Waals surface area (Å²) in [6, 6.07) is -0.449. The Kier molecular flexibility index (Phi) is 8.78. The molecule has 3 N–H and O–H groups in total. The minimum Gasteiger partial charge on any atom is -0.368 e. The summed E-state index contributed by atoms with van der Waals surface area (Å²) in [4.78, 5) is 23.3. The number of carbonyl (C=O) groups excluding carboxylic acids is 2. The van der Waals surface area contributed by atoms with Crippen molar-refractivity contribution in [2.45, 2.75) is 59.2 Å². The Bertz CT molecular complexity index is 337. The van der Waals surface area contributed by atoms with Crippen molar-refractivity contribution in [3.63, 3.8) is 0 Å². The van der Waals surface area contributed by atoms with Crippen molar-refractivity contribution in [1.82, 2.24) is 10.2 Å². The molecular weight excluding hydrogens is 264 g/mol. The van der Waals surface area contributed by atoms with Crippen molar-refractivity contribution < 1.29 is 24.5 Å². The summed E-state index contributed by atoms with van der Waals surface area (Å²) < 4.78 is 5.60. The molecule has 1 fully saturated rings. The van der Waals surface area contributed by atoms with Crippen molar-refractivity contribution in [2.24, 2.45) is 0 Å². The van der Waals surface area contributed by atoms with Gasteiger partial charge in [0, 0.05) is 6.20 Å². The Morgan fingerprint density at radius 1 is 1.40 bits per heavy atom. The zero-order valence-electron chi connectivity index (χ0n) is 12.4. The average Bonchev–Trinajstić information content (AvgIpc) is 2.71. The lowest BCUT2D eigenvalue weighted by molar-refractivity contribution is -0.108. The van der Waals surface area contributed by atoms with Gasteiger partial charge in [0.15, 0.2) is 0 Å². The van der Waals surface area contributed by atoms with Crippen LogP contribution in [0.3, 0.4) is 0 Å². The summed E-state index contributed by atoms with van der Waals surface area (Å²) >= 11 is 0. The Morgan fingerprint density at radius 2 is 1.95 bits per heavy atom. The molecule has 0 radical (unpaired) electrons. The van der Waals surface area contributed by atoms with Gasteiger partial charge in [-0.1, -0.05) is 5.57 Å². The Hall–Kier alpha value is -1.44. The van der Waals surface area contributed by atoms with Crippen molar-refractivity contribution in [2.75, 3.05) is 0 Å². The van der Waals surface area contributed by atoms with Crippen molar-refractivity contribution in [1.29, 1.82) is 0 Å². The highest BCUT2D eigenvalue weighted by Crippen LogP contribution is 2.23. The zero-order valence-corrected chi connectivity index (χ0v) is 12.4. The predicted molar refractivity (Wildman–Crippen MR) is 73.3 cm³/mol. The molecule has 7 nitrogen and oxygen atoms in total. The minimum absolute atomic E-state index is 0.155. The smallest absolute Gasteiger partial charge is 0.329 e. The number of rotatable bonds is 3. The molecule has 116 valence electrons. The molecule has 0 saturated carbocycles. The van der Waals surface area contributed by atoms with Gasteiger partial charge in [-0.25, -0.2) is 4.79 Å². The third-order valence-corrected chi connectivity index (χ3v) is 2.33. The van der Waals surface area contributed by atoms with Crippen LogP contribution in [-0.2, 0) is 9.53 Å². The molecule has 0 aliphatic carbocycles. The molecule has 1 heterocycles. The van der Waals surface area contributed by atoms with Crippen LogP contribution >= 0.6 is 0 Å². The molecular formula is C13H24N2O5. The third-order valence-electron chi connectivity index (χ3n) is 2.33. The second-order valence-corrected chi connectivity index (χ2v) is 4.79. The summed E-state index contributed by atoms with van der Waals surface area (Å²) in [6.07, 6.45) is 2.50. The number of allylic oxidation sites excluding steroid dienone is 1. The lowest BCUT2D eigenvalue weighted by atomic mass is 10.2. The topological polar surface area (TPSA) is 99.1 Å². The molecule has 0 aromatic carbocycles. The number of aliphatic hydroxyl groups excluding tert-OH is 1. The molecule has 20 heavy (non-hydrogen) atoms. The van der Waals surface area contributed by atoms with Crippen LogP contribution in [0.25, 0.3) is 0 Å². The van der Waals surface area contributed by atoms with Crippen molar-refractivity contribution in [3.05, 3.63) is 11.8 Å². The van der Waals surface area contributed by atoms with Crippen LogP contribution in [0, 0.1) is 0 Å². The Labute approximate surface area is 119 Å². The summed E-state index contributed by atoms with van der Waals surface area (Å²) in [6.45, 7) is 7.03. The van der Waals surface area contributed by atoms with Gasteiger partial charge >= 0.3 is 6.03 Å². The number of aliphatic hydroxyl groups is 2. The van der Waals surface area contributed by atoms with Gasteiger partial charge in [0.2, 0.25) is 6.41 Å². The molecule has 1 saturated heterocycles. The molecule has 1 aliphatic heterocycles. The average molecular weight is 288 g/mol. The van der Waals surface area contributed by atoms with Crippen LogP contribution in [0.1, 0.15) is 40.5 Å². The maximum absolute atomic E-state index is 11.6. The zero-order chi connectivity index (χ0) is 15.7. The van der Waals surface area contributed by atoms with E-state index in [2.05, 4.69) is 5.32 Å². The fourth-order valence-corrected chi connectivity index (χ4v) is 1.66. The molecule has 0 aromatic heterocycles. The first-order valence-electron chi connectivity index (χ1n) is 6.47. The lowest BCUT2D eigenvalue weighted by Gasteiger charge is -2.25. The first-order chi connectivity index (χ1) is 9.27. The lowest BCUT2D eigenvalue weighted by Crippen LogP contribution is -2.42. The fraction of sp³-hybridized carbons (Fsp3) is 0.692. The van der Waals surface area contributed by atoms with Crippen LogP contribution in [0.5, 0.6) is 0 Å². The van der Waals surface area contributed by atoms with E-state index in [-0.39, 0.29) is 12.3 Å². The van der Waals surface area contributed by atoms with E-state index in [4.69, 9.17) is 14.9 Å². The van der Waals surface area contributed by atoms with Crippen LogP contribution in [0.15, 0.2) is 11.8 Å². The number of nitrogens with zero attached hydrogens (tertiary/aromatic N) is 1. The maximum atomic E-state index is 11.6. The standard InChI is InChI=1S/C11H18N2O3.C2H6O2/c1-8(2)6-13(11(15)12-7-14)10-5-4-9(3)16-10;1-2(3)4/h6-7,9-10H,4-5H2,1-3H3,(H,12,14,15);2-4H,1H3. The van der Waals surface area contributed by atoms with Gasteiger partial charge in [-0.2, -0.15) is 0 Å². The van der Waals surface area contributed by atoms with Gasteiger partial charge in [-0.15, -0.1) is 0 Å². The first kappa shape index (κ1) is 18.6. The second-order valence-electron chi connectivity index (χ2n) is 4.79. The largest absolute Gasteiger partial charge is 0.368 e. The summed E-state index contributed by atoms with van der Waals surface area (Å²) in [5.74, 6) is 0. The molecule has 0 spiro atoms. The Morgan fingerprint density at radius 3 is 2.30 bits per heavy atom. The molecule has 2 atom stereocenters. The van der Waals surface area contributed by atoms with E-state index in [9.17, 15) is 9.59 Å². The highest BCUT2D eigenvalue weighted by atomic mass is 16.5. The van der Waals surface area contributed by atoms with Gasteiger partial charge in [0.1, 0.15) is 12.5 Å². The van der Waals surface area contributed by atoms with Crippen LogP contribution in [-0.4, -0.2) is 46.2 Å². The molecule has 0 aromatic rings. The van der Waals surface area contributed by atoms with Gasteiger partial charge in [0.25, 0.3) is 0 Å². The van der Waals surface area contributed by atoms with E-state index >= 15 is 0 Å². The number of hydrogen-bond acceptors (Lipinski definition) is 5. The Balaban J connectivity index is 0.000000796. The van der Waals surface area contributed by atoms with Crippen LogP contribution < -0.4 is 5.32 Å². The number of imide groups is 1. The summed E-state index contributed by atoms with van der Waals surface area (Å²) in [5.41, 5.74) is 0.976. The van der Waals surface area contributed by atoms with Gasteiger partial charge in [-0.05, 0) is 40.5 Å².